The van der Waals surface area contributed by atoms with Crippen LogP contribution in [0.2, 0.25) is 0 Å². The molecule has 0 unspecified atom stereocenters. The van der Waals surface area contributed by atoms with Crippen molar-refractivity contribution in [2.45, 2.75) is 61.3 Å². The van der Waals surface area contributed by atoms with Crippen LogP contribution in [-0.2, 0) is 12.8 Å². The molecular formula is C30H31B2NO. The molecule has 0 amide bonds. The van der Waals surface area contributed by atoms with Gasteiger partial charge in [-0.05, 0) is 70.0 Å². The molecule has 168 valence electrons. The number of benzene rings is 3. The molecule has 0 aliphatic carbocycles. The molecule has 0 N–H and O–H groups in total. The third kappa shape index (κ3) is 4.02. The maximum Gasteiger partial charge on any atom is 0.140 e. The maximum absolute atomic E-state index is 6.78. The first-order chi connectivity index (χ1) is 15.8. The standard InChI is InChI=1S/C30H31B2NO/c1-16-8-9-19-18(10-16)13-21-26-24-20(25(31)28(32)33-26)11-17(14-29(2,3)4)12-23(24)34-27(21)22(19)15-30(5,6)7/h8-13H,14-15H2,1-7H3. The average Bonchev–Trinajstić information content (AvgIpc) is 2.69. The number of fused-ring (bicyclic) bond motifs is 3. The van der Waals surface area contributed by atoms with Crippen LogP contribution in [0.15, 0.2) is 36.4 Å². The van der Waals surface area contributed by atoms with Crippen molar-refractivity contribution < 1.29 is 4.74 Å². The third-order valence-electron chi connectivity index (χ3n) is 6.46. The SMILES string of the molecule is [B]c1nc2c3c(cc(CC(C)(C)C)cc3c1[B])Oc1c-2cc2cc(C)ccc2c1CC(C)(C)C. The van der Waals surface area contributed by atoms with E-state index in [0.29, 0.717) is 11.1 Å². The molecule has 1 aliphatic heterocycles. The van der Waals surface area contributed by atoms with E-state index in [1.165, 1.54) is 27.5 Å². The summed E-state index contributed by atoms with van der Waals surface area (Å²) in [6, 6.07) is 13.2. The summed E-state index contributed by atoms with van der Waals surface area (Å²) in [4.78, 5) is 4.82. The van der Waals surface area contributed by atoms with Gasteiger partial charge in [-0.25, -0.2) is 0 Å². The first-order valence-corrected chi connectivity index (χ1v) is 12.1. The van der Waals surface area contributed by atoms with Crippen LogP contribution < -0.4 is 15.8 Å². The van der Waals surface area contributed by atoms with Crippen LogP contribution in [0.1, 0.15) is 58.2 Å². The lowest BCUT2D eigenvalue weighted by Gasteiger charge is -2.29. The molecule has 0 atom stereocenters. The molecule has 0 saturated carbocycles. The molecule has 0 spiro atoms. The fraction of sp³-hybridized carbons (Fsp3) is 0.367. The number of rotatable bonds is 2. The highest BCUT2D eigenvalue weighted by Crippen LogP contribution is 2.50. The Morgan fingerprint density at radius 1 is 0.853 bits per heavy atom. The van der Waals surface area contributed by atoms with Gasteiger partial charge in [0.1, 0.15) is 27.2 Å². The topological polar surface area (TPSA) is 22.1 Å². The molecular weight excluding hydrogens is 412 g/mol. The monoisotopic (exact) mass is 443 g/mol. The normalized spacial score (nSPS) is 13.3. The number of nitrogens with zero attached hydrogens (tertiary/aromatic N) is 1. The van der Waals surface area contributed by atoms with E-state index in [4.69, 9.17) is 25.4 Å². The number of ether oxygens (including phenoxy) is 1. The molecule has 2 nitrogen and oxygen atoms in total. The molecule has 4 heteroatoms. The van der Waals surface area contributed by atoms with Crippen molar-refractivity contribution in [1.82, 2.24) is 4.98 Å². The Hall–Kier alpha value is -2.74. The number of pyridine rings is 1. The van der Waals surface area contributed by atoms with Crippen molar-refractivity contribution in [3.8, 4) is 22.8 Å². The van der Waals surface area contributed by atoms with Crippen molar-refractivity contribution in [2.24, 2.45) is 10.8 Å². The van der Waals surface area contributed by atoms with Crippen LogP contribution in [-0.4, -0.2) is 20.7 Å². The summed E-state index contributed by atoms with van der Waals surface area (Å²) in [7, 11) is 12.8. The largest absolute Gasteiger partial charge is 0.456 e. The van der Waals surface area contributed by atoms with Crippen molar-refractivity contribution in [3.63, 3.8) is 0 Å². The van der Waals surface area contributed by atoms with Gasteiger partial charge in [0.05, 0.1) is 11.1 Å². The Morgan fingerprint density at radius 3 is 2.24 bits per heavy atom. The zero-order valence-corrected chi connectivity index (χ0v) is 21.4. The molecule has 0 fully saturated rings. The van der Waals surface area contributed by atoms with E-state index in [1.807, 2.05) is 0 Å². The van der Waals surface area contributed by atoms with Crippen molar-refractivity contribution in [3.05, 3.63) is 53.1 Å². The van der Waals surface area contributed by atoms with E-state index in [-0.39, 0.29) is 10.8 Å². The van der Waals surface area contributed by atoms with Crippen LogP contribution >= 0.6 is 0 Å². The summed E-state index contributed by atoms with van der Waals surface area (Å²) in [5, 5.41) is 4.30. The van der Waals surface area contributed by atoms with E-state index >= 15 is 0 Å². The highest BCUT2D eigenvalue weighted by atomic mass is 16.5. The van der Waals surface area contributed by atoms with E-state index in [1.54, 1.807) is 0 Å². The van der Waals surface area contributed by atoms with E-state index in [9.17, 15) is 0 Å². The molecule has 0 saturated heterocycles. The first-order valence-electron chi connectivity index (χ1n) is 12.1. The third-order valence-corrected chi connectivity index (χ3v) is 6.46. The van der Waals surface area contributed by atoms with Crippen molar-refractivity contribution in [1.29, 1.82) is 0 Å². The van der Waals surface area contributed by atoms with Gasteiger partial charge in [0.2, 0.25) is 0 Å². The van der Waals surface area contributed by atoms with Gasteiger partial charge in [-0.2, -0.15) is 0 Å². The minimum Gasteiger partial charge on any atom is -0.456 e. The summed E-state index contributed by atoms with van der Waals surface area (Å²) in [5.74, 6) is 1.71. The fourth-order valence-electron chi connectivity index (χ4n) is 5.18. The lowest BCUT2D eigenvalue weighted by Crippen LogP contribution is -2.31. The Morgan fingerprint density at radius 2 is 1.56 bits per heavy atom. The predicted octanol–water partition coefficient (Wildman–Crippen LogP) is 6.23. The Balaban J connectivity index is 1.87. The Kier molecular flexibility index (Phi) is 5.17. The van der Waals surface area contributed by atoms with E-state index < -0.39 is 0 Å². The quantitative estimate of drug-likeness (QED) is 0.302. The molecule has 34 heavy (non-hydrogen) atoms. The van der Waals surface area contributed by atoms with Gasteiger partial charge < -0.3 is 4.74 Å². The molecule has 4 aromatic rings. The fourth-order valence-corrected chi connectivity index (χ4v) is 5.18. The molecule has 4 radical (unpaired) electrons. The first kappa shape index (κ1) is 23.0. The lowest BCUT2D eigenvalue weighted by atomic mass is 9.78. The summed E-state index contributed by atoms with van der Waals surface area (Å²) in [6.45, 7) is 15.6. The zero-order chi connectivity index (χ0) is 24.6. The van der Waals surface area contributed by atoms with E-state index in [0.717, 1.165) is 46.4 Å². The molecule has 1 aromatic heterocycles. The van der Waals surface area contributed by atoms with Crippen molar-refractivity contribution >= 4 is 48.3 Å². The van der Waals surface area contributed by atoms with Crippen LogP contribution in [0.3, 0.4) is 0 Å². The highest BCUT2D eigenvalue weighted by molar-refractivity contribution is 6.52. The molecule has 0 bridgehead atoms. The van der Waals surface area contributed by atoms with Crippen LogP contribution in [0.25, 0.3) is 32.8 Å². The smallest absolute Gasteiger partial charge is 0.140 e. The van der Waals surface area contributed by atoms with Gasteiger partial charge in [0.15, 0.2) is 0 Å². The minimum absolute atomic E-state index is 0.0908. The average molecular weight is 443 g/mol. The number of hydrogen-bond acceptors (Lipinski definition) is 2. The van der Waals surface area contributed by atoms with Crippen molar-refractivity contribution in [2.75, 3.05) is 0 Å². The van der Waals surface area contributed by atoms with Gasteiger partial charge in [-0.1, -0.05) is 76.8 Å². The lowest BCUT2D eigenvalue weighted by molar-refractivity contribution is 0.398. The second-order valence-electron chi connectivity index (χ2n) is 12.3. The van der Waals surface area contributed by atoms with Gasteiger partial charge >= 0.3 is 0 Å². The summed E-state index contributed by atoms with van der Waals surface area (Å²) in [6.07, 6.45) is 1.80. The zero-order valence-electron chi connectivity index (χ0n) is 21.4. The predicted molar refractivity (Wildman–Crippen MR) is 147 cm³/mol. The van der Waals surface area contributed by atoms with Gasteiger partial charge in [0.25, 0.3) is 0 Å². The van der Waals surface area contributed by atoms with Gasteiger partial charge in [-0.3, -0.25) is 4.98 Å². The van der Waals surface area contributed by atoms with Crippen LogP contribution in [0.5, 0.6) is 11.5 Å². The number of aromatic nitrogens is 1. The second kappa shape index (κ2) is 7.63. The summed E-state index contributed by atoms with van der Waals surface area (Å²) in [5.41, 5.74) is 6.61. The molecule has 1 aliphatic rings. The Bertz CT molecular complexity index is 1470. The second-order valence-corrected chi connectivity index (χ2v) is 12.3. The maximum atomic E-state index is 6.78. The van der Waals surface area contributed by atoms with E-state index in [2.05, 4.69) is 84.9 Å². The summed E-state index contributed by atoms with van der Waals surface area (Å²) < 4.78 is 6.78. The Labute approximate surface area is 205 Å². The van der Waals surface area contributed by atoms with Gasteiger partial charge in [0, 0.05) is 11.1 Å². The highest BCUT2D eigenvalue weighted by Gasteiger charge is 2.29. The summed E-state index contributed by atoms with van der Waals surface area (Å²) >= 11 is 0. The minimum atomic E-state index is 0.0908. The number of hydrogen-bond donors (Lipinski definition) is 0. The molecule has 5 rings (SSSR count). The van der Waals surface area contributed by atoms with Crippen LogP contribution in [0, 0.1) is 17.8 Å². The van der Waals surface area contributed by atoms with Gasteiger partial charge in [-0.15, -0.1) is 0 Å². The van der Waals surface area contributed by atoms with Crippen LogP contribution in [0.4, 0.5) is 0 Å². The molecule has 2 heterocycles. The molecule has 3 aromatic carbocycles. The number of aryl methyl sites for hydroxylation is 1.